The van der Waals surface area contributed by atoms with Crippen molar-refractivity contribution >= 4 is 54.8 Å². The number of amides is 2. The van der Waals surface area contributed by atoms with Crippen LogP contribution in [0.2, 0.25) is 0 Å². The van der Waals surface area contributed by atoms with Gasteiger partial charge < -0.3 is 15.1 Å². The molecule has 0 atom stereocenters. The summed E-state index contributed by atoms with van der Waals surface area (Å²) >= 11 is 2.96. The van der Waals surface area contributed by atoms with Gasteiger partial charge >= 0.3 is 0 Å². The van der Waals surface area contributed by atoms with Gasteiger partial charge in [0, 0.05) is 50.6 Å². The Morgan fingerprint density at radius 3 is 2.40 bits per heavy atom. The van der Waals surface area contributed by atoms with Gasteiger partial charge in [-0.2, -0.15) is 4.39 Å². The number of thiazole rings is 1. The van der Waals surface area contributed by atoms with Crippen molar-refractivity contribution in [2.75, 3.05) is 37.4 Å². The molecule has 3 aromatic heterocycles. The number of pyridine rings is 1. The number of carbonyl (C=O) groups is 2. The monoisotopic (exact) mass is 509 g/mol. The number of thiophene rings is 1. The average Bonchev–Trinajstić information content (AvgIpc) is 3.44. The molecule has 1 fully saturated rings. The number of carbonyl (C=O) groups excluding carboxylic acids is 2. The van der Waals surface area contributed by atoms with Gasteiger partial charge in [-0.15, -0.1) is 11.3 Å². The van der Waals surface area contributed by atoms with E-state index < -0.39 is 5.95 Å². The smallest absolute Gasteiger partial charge is 0.265 e. The van der Waals surface area contributed by atoms with Crippen molar-refractivity contribution in [3.8, 4) is 11.1 Å². The molecule has 2 amide bonds. The van der Waals surface area contributed by atoms with Crippen LogP contribution in [0.4, 0.5) is 15.2 Å². The molecular weight excluding hydrogens is 485 g/mol. The van der Waals surface area contributed by atoms with E-state index in [1.54, 1.807) is 36.4 Å². The number of benzene rings is 1. The molecule has 5 rings (SSSR count). The summed E-state index contributed by atoms with van der Waals surface area (Å²) < 4.78 is 14.0. The van der Waals surface area contributed by atoms with Crippen LogP contribution in [0.25, 0.3) is 20.7 Å². The number of hydrogen-bond acceptors (Lipinski definition) is 7. The highest BCUT2D eigenvalue weighted by atomic mass is 32.1. The van der Waals surface area contributed by atoms with E-state index in [0.29, 0.717) is 10.6 Å². The summed E-state index contributed by atoms with van der Waals surface area (Å²) in [4.78, 5) is 38.8. The maximum Gasteiger partial charge on any atom is 0.265 e. The van der Waals surface area contributed by atoms with Crippen molar-refractivity contribution in [2.24, 2.45) is 5.92 Å². The van der Waals surface area contributed by atoms with Crippen LogP contribution in [-0.2, 0) is 4.79 Å². The largest absolute Gasteiger partial charge is 0.349 e. The van der Waals surface area contributed by atoms with Crippen molar-refractivity contribution in [2.45, 2.75) is 12.8 Å². The molecular formula is C25H24FN5O2S2. The zero-order valence-electron chi connectivity index (χ0n) is 19.3. The minimum atomic E-state index is -0.517. The van der Waals surface area contributed by atoms with Gasteiger partial charge in [-0.05, 0) is 48.7 Å². The Balaban J connectivity index is 1.22. The third-order valence-electron chi connectivity index (χ3n) is 6.06. The molecule has 0 saturated carbocycles. The van der Waals surface area contributed by atoms with Crippen LogP contribution in [-0.4, -0.2) is 53.9 Å². The van der Waals surface area contributed by atoms with E-state index in [1.807, 2.05) is 30.3 Å². The van der Waals surface area contributed by atoms with E-state index in [2.05, 4.69) is 15.2 Å². The number of fused-ring (bicyclic) bond motifs is 1. The van der Waals surface area contributed by atoms with Crippen LogP contribution < -0.4 is 10.2 Å². The first kappa shape index (κ1) is 23.4. The fourth-order valence-electron chi connectivity index (χ4n) is 4.14. The molecule has 1 aliphatic rings. The topological polar surface area (TPSA) is 78.4 Å². The highest BCUT2D eigenvalue weighted by Gasteiger charge is 2.27. The molecule has 7 nitrogen and oxygen atoms in total. The number of hydrogen-bond donors (Lipinski definition) is 1. The van der Waals surface area contributed by atoms with Crippen LogP contribution in [0.3, 0.4) is 0 Å². The van der Waals surface area contributed by atoms with Gasteiger partial charge in [-0.1, -0.05) is 23.5 Å². The lowest BCUT2D eigenvalue weighted by molar-refractivity contribution is -0.133. The van der Waals surface area contributed by atoms with Gasteiger partial charge in [-0.25, -0.2) is 9.97 Å². The standard InChI is InChI=1S/C25H24FN5O2S2/c1-30(2)24(33)16-9-11-31(12-10-16)25-29-23-20(35-25)13-19(34-23)22(32)28-18-6-3-15(4-7-18)17-5-8-21(26)27-14-17/h3-8,13-14,16H,9-12H2,1-2H3,(H,28,32). The summed E-state index contributed by atoms with van der Waals surface area (Å²) in [7, 11) is 3.61. The van der Waals surface area contributed by atoms with Gasteiger partial charge in [0.15, 0.2) is 5.13 Å². The normalized spacial score (nSPS) is 14.3. The zero-order valence-corrected chi connectivity index (χ0v) is 21.0. The van der Waals surface area contributed by atoms with E-state index in [4.69, 9.17) is 4.98 Å². The molecule has 0 spiro atoms. The van der Waals surface area contributed by atoms with E-state index in [9.17, 15) is 14.0 Å². The van der Waals surface area contributed by atoms with E-state index in [0.717, 1.165) is 51.7 Å². The Bertz CT molecular complexity index is 1330. The third-order valence-corrected chi connectivity index (χ3v) is 8.28. The first-order valence-corrected chi connectivity index (χ1v) is 12.9. The molecule has 0 unspecified atom stereocenters. The van der Waals surface area contributed by atoms with Gasteiger partial charge in [-0.3, -0.25) is 9.59 Å². The second kappa shape index (κ2) is 9.71. The predicted molar refractivity (Wildman–Crippen MR) is 139 cm³/mol. The van der Waals surface area contributed by atoms with Crippen molar-refractivity contribution in [3.05, 3.63) is 59.5 Å². The summed E-state index contributed by atoms with van der Waals surface area (Å²) in [6.07, 6.45) is 3.14. The second-order valence-corrected chi connectivity index (χ2v) is 10.7. The van der Waals surface area contributed by atoms with Crippen LogP contribution in [0, 0.1) is 11.9 Å². The highest BCUT2D eigenvalue weighted by molar-refractivity contribution is 7.29. The Labute approximate surface area is 210 Å². The number of rotatable bonds is 5. The van der Waals surface area contributed by atoms with E-state index in [-0.39, 0.29) is 17.7 Å². The highest BCUT2D eigenvalue weighted by Crippen LogP contribution is 2.36. The molecule has 1 aliphatic heterocycles. The number of piperidine rings is 1. The van der Waals surface area contributed by atoms with Crippen molar-refractivity contribution in [1.82, 2.24) is 14.9 Å². The Morgan fingerprint density at radius 2 is 1.77 bits per heavy atom. The Morgan fingerprint density at radius 1 is 1.06 bits per heavy atom. The van der Waals surface area contributed by atoms with Crippen molar-refractivity contribution in [1.29, 1.82) is 0 Å². The van der Waals surface area contributed by atoms with Crippen molar-refractivity contribution < 1.29 is 14.0 Å². The number of anilines is 2. The minimum Gasteiger partial charge on any atom is -0.349 e. The minimum absolute atomic E-state index is 0.0825. The van der Waals surface area contributed by atoms with Crippen LogP contribution in [0.15, 0.2) is 48.7 Å². The Kier molecular flexibility index (Phi) is 6.48. The molecule has 1 saturated heterocycles. The van der Waals surface area contributed by atoms with Crippen LogP contribution >= 0.6 is 22.7 Å². The third kappa shape index (κ3) is 5.03. The molecule has 4 aromatic rings. The molecule has 180 valence electrons. The number of nitrogens with zero attached hydrogens (tertiary/aromatic N) is 4. The summed E-state index contributed by atoms with van der Waals surface area (Å²) in [5.74, 6) is -0.418. The van der Waals surface area contributed by atoms with Gasteiger partial charge in [0.25, 0.3) is 5.91 Å². The predicted octanol–water partition coefficient (Wildman–Crippen LogP) is 5.12. The van der Waals surface area contributed by atoms with E-state index in [1.165, 1.54) is 23.6 Å². The van der Waals surface area contributed by atoms with E-state index >= 15 is 0 Å². The molecule has 35 heavy (non-hydrogen) atoms. The number of nitrogens with one attached hydrogen (secondary N) is 1. The quantitative estimate of drug-likeness (QED) is 0.378. The molecule has 10 heteroatoms. The molecule has 0 bridgehead atoms. The van der Waals surface area contributed by atoms with Crippen molar-refractivity contribution in [3.63, 3.8) is 0 Å². The number of aromatic nitrogens is 2. The fraction of sp³-hybridized carbons (Fsp3) is 0.280. The maximum absolute atomic E-state index is 13.0. The lowest BCUT2D eigenvalue weighted by atomic mass is 9.96. The number of halogens is 1. The summed E-state index contributed by atoms with van der Waals surface area (Å²) in [6.45, 7) is 1.62. The van der Waals surface area contributed by atoms with Gasteiger partial charge in [0.1, 0.15) is 4.83 Å². The Hall–Kier alpha value is -3.37. The SMILES string of the molecule is CN(C)C(=O)C1CCN(c2nc3sc(C(=O)Nc4ccc(-c5ccc(F)nc5)cc4)cc3s2)CC1. The van der Waals surface area contributed by atoms with Crippen LogP contribution in [0.1, 0.15) is 22.5 Å². The molecule has 0 radical (unpaired) electrons. The second-order valence-electron chi connectivity index (χ2n) is 8.67. The average molecular weight is 510 g/mol. The molecule has 4 heterocycles. The lowest BCUT2D eigenvalue weighted by Crippen LogP contribution is -2.40. The van der Waals surface area contributed by atoms with Crippen LogP contribution in [0.5, 0.6) is 0 Å². The zero-order chi connectivity index (χ0) is 24.5. The summed E-state index contributed by atoms with van der Waals surface area (Å²) in [6, 6.07) is 12.2. The lowest BCUT2D eigenvalue weighted by Gasteiger charge is -2.32. The summed E-state index contributed by atoms with van der Waals surface area (Å²) in [5.41, 5.74) is 2.37. The first-order chi connectivity index (χ1) is 16.9. The van der Waals surface area contributed by atoms with Gasteiger partial charge in [0.2, 0.25) is 11.9 Å². The maximum atomic E-state index is 13.0. The summed E-state index contributed by atoms with van der Waals surface area (Å²) in [5, 5.41) is 3.87. The molecule has 1 N–H and O–H groups in total. The fourth-order valence-corrected chi connectivity index (χ4v) is 6.30. The molecule has 0 aliphatic carbocycles. The first-order valence-electron chi connectivity index (χ1n) is 11.3. The van der Waals surface area contributed by atoms with Gasteiger partial charge in [0.05, 0.1) is 9.58 Å². The molecule has 1 aromatic carbocycles.